The minimum Gasteiger partial charge on any atom is -0.444 e. The van der Waals surface area contributed by atoms with Crippen molar-refractivity contribution in [3.05, 3.63) is 18.0 Å². The van der Waals surface area contributed by atoms with Crippen LogP contribution >= 0.6 is 0 Å². The number of aromatic nitrogens is 1. The number of piperazine rings is 1. The number of hydrogen-bond acceptors (Lipinski definition) is 5. The van der Waals surface area contributed by atoms with Crippen molar-refractivity contribution < 1.29 is 9.53 Å². The van der Waals surface area contributed by atoms with E-state index in [9.17, 15) is 4.79 Å². The van der Waals surface area contributed by atoms with E-state index in [1.54, 1.807) is 11.1 Å². The minimum atomic E-state index is -0.457. The van der Waals surface area contributed by atoms with Crippen molar-refractivity contribution in [2.75, 3.05) is 36.8 Å². The quantitative estimate of drug-likeness (QED) is 0.857. The summed E-state index contributed by atoms with van der Waals surface area (Å²) in [4.78, 5) is 20.1. The molecule has 0 saturated carbocycles. The van der Waals surface area contributed by atoms with Crippen LogP contribution in [0.25, 0.3) is 0 Å². The van der Waals surface area contributed by atoms with Gasteiger partial charge in [-0.15, -0.1) is 0 Å². The van der Waals surface area contributed by atoms with E-state index in [4.69, 9.17) is 10.5 Å². The van der Waals surface area contributed by atoms with Crippen LogP contribution in [0.2, 0.25) is 0 Å². The Labute approximate surface area is 125 Å². The van der Waals surface area contributed by atoms with Gasteiger partial charge in [0.05, 0.1) is 17.6 Å². The number of carbonyl (C=O) groups excluding carboxylic acids is 1. The van der Waals surface area contributed by atoms with Gasteiger partial charge < -0.3 is 20.3 Å². The Morgan fingerprint density at radius 2 is 1.90 bits per heavy atom. The summed E-state index contributed by atoms with van der Waals surface area (Å²) in [7, 11) is 0. The zero-order valence-corrected chi connectivity index (χ0v) is 13.2. The van der Waals surface area contributed by atoms with Gasteiger partial charge in [-0.25, -0.2) is 4.79 Å². The second kappa shape index (κ2) is 5.79. The summed E-state index contributed by atoms with van der Waals surface area (Å²) >= 11 is 0. The molecule has 1 fully saturated rings. The van der Waals surface area contributed by atoms with Crippen LogP contribution in [0.5, 0.6) is 0 Å². The van der Waals surface area contributed by atoms with Crippen molar-refractivity contribution in [1.29, 1.82) is 0 Å². The van der Waals surface area contributed by atoms with Gasteiger partial charge in [-0.3, -0.25) is 4.98 Å². The SMILES string of the molecule is Cc1cc(N2CCN(C(=O)OC(C)(C)C)CC2)c(N)cn1. The van der Waals surface area contributed by atoms with Crippen molar-refractivity contribution in [3.63, 3.8) is 0 Å². The Morgan fingerprint density at radius 3 is 2.48 bits per heavy atom. The number of aryl methyl sites for hydroxylation is 1. The third kappa shape index (κ3) is 4.00. The number of anilines is 2. The van der Waals surface area contributed by atoms with E-state index in [0.717, 1.165) is 24.5 Å². The number of pyridine rings is 1. The lowest BCUT2D eigenvalue weighted by Crippen LogP contribution is -2.50. The summed E-state index contributed by atoms with van der Waals surface area (Å²) in [6, 6.07) is 1.98. The van der Waals surface area contributed by atoms with E-state index >= 15 is 0 Å². The van der Waals surface area contributed by atoms with Crippen LogP contribution < -0.4 is 10.6 Å². The highest BCUT2D eigenvalue weighted by atomic mass is 16.6. The number of nitrogen functional groups attached to an aromatic ring is 1. The topological polar surface area (TPSA) is 71.7 Å². The smallest absolute Gasteiger partial charge is 0.410 e. The van der Waals surface area contributed by atoms with Gasteiger partial charge in [-0.2, -0.15) is 0 Å². The molecule has 2 N–H and O–H groups in total. The first-order valence-corrected chi connectivity index (χ1v) is 7.21. The first kappa shape index (κ1) is 15.4. The zero-order valence-electron chi connectivity index (χ0n) is 13.2. The van der Waals surface area contributed by atoms with Gasteiger partial charge in [-0.1, -0.05) is 0 Å². The number of ether oxygens (including phenoxy) is 1. The van der Waals surface area contributed by atoms with Gasteiger partial charge in [0.2, 0.25) is 0 Å². The molecule has 0 spiro atoms. The lowest BCUT2D eigenvalue weighted by molar-refractivity contribution is 0.0240. The molecule has 0 aliphatic carbocycles. The fourth-order valence-corrected chi connectivity index (χ4v) is 2.29. The van der Waals surface area contributed by atoms with Crippen LogP contribution in [-0.4, -0.2) is 47.8 Å². The predicted octanol–water partition coefficient (Wildman–Crippen LogP) is 2.03. The molecule has 1 aliphatic rings. The number of nitrogens with two attached hydrogens (primary N) is 1. The van der Waals surface area contributed by atoms with Crippen molar-refractivity contribution in [2.24, 2.45) is 0 Å². The Morgan fingerprint density at radius 1 is 1.29 bits per heavy atom. The average Bonchev–Trinajstić information content (AvgIpc) is 2.40. The maximum atomic E-state index is 12.0. The molecular formula is C15H24N4O2. The van der Waals surface area contributed by atoms with Gasteiger partial charge in [0.1, 0.15) is 5.60 Å². The van der Waals surface area contributed by atoms with E-state index in [2.05, 4.69) is 9.88 Å². The summed E-state index contributed by atoms with van der Waals surface area (Å²) in [6.07, 6.45) is 1.44. The van der Waals surface area contributed by atoms with E-state index in [1.165, 1.54) is 0 Å². The molecule has 1 amide bonds. The molecule has 2 heterocycles. The third-order valence-electron chi connectivity index (χ3n) is 3.32. The van der Waals surface area contributed by atoms with E-state index in [1.807, 2.05) is 33.8 Å². The van der Waals surface area contributed by atoms with Crippen LogP contribution in [-0.2, 0) is 4.74 Å². The fourth-order valence-electron chi connectivity index (χ4n) is 2.29. The van der Waals surface area contributed by atoms with Gasteiger partial charge in [0.15, 0.2) is 0 Å². The second-order valence-electron chi connectivity index (χ2n) is 6.34. The van der Waals surface area contributed by atoms with Crippen LogP contribution in [0, 0.1) is 6.92 Å². The molecular weight excluding hydrogens is 268 g/mol. The number of amides is 1. The Balaban J connectivity index is 1.97. The number of nitrogens with zero attached hydrogens (tertiary/aromatic N) is 3. The fraction of sp³-hybridized carbons (Fsp3) is 0.600. The molecule has 0 unspecified atom stereocenters. The van der Waals surface area contributed by atoms with Crippen LogP contribution in [0.3, 0.4) is 0 Å². The molecule has 116 valence electrons. The molecule has 6 nitrogen and oxygen atoms in total. The Hall–Kier alpha value is -1.98. The summed E-state index contributed by atoms with van der Waals surface area (Å²) in [6.45, 7) is 10.3. The molecule has 1 aromatic rings. The summed E-state index contributed by atoms with van der Waals surface area (Å²) < 4.78 is 5.39. The van der Waals surface area contributed by atoms with E-state index in [-0.39, 0.29) is 6.09 Å². The summed E-state index contributed by atoms with van der Waals surface area (Å²) in [5.74, 6) is 0. The minimum absolute atomic E-state index is 0.249. The zero-order chi connectivity index (χ0) is 15.6. The third-order valence-corrected chi connectivity index (χ3v) is 3.32. The largest absolute Gasteiger partial charge is 0.444 e. The second-order valence-corrected chi connectivity index (χ2v) is 6.34. The molecule has 1 saturated heterocycles. The molecule has 0 bridgehead atoms. The van der Waals surface area contributed by atoms with Crippen LogP contribution in [0.1, 0.15) is 26.5 Å². The molecule has 21 heavy (non-hydrogen) atoms. The Bertz CT molecular complexity index is 517. The summed E-state index contributed by atoms with van der Waals surface area (Å²) in [5, 5.41) is 0. The van der Waals surface area contributed by atoms with E-state index < -0.39 is 5.60 Å². The average molecular weight is 292 g/mol. The predicted molar refractivity (Wildman–Crippen MR) is 83.4 cm³/mol. The molecule has 6 heteroatoms. The maximum absolute atomic E-state index is 12.0. The monoisotopic (exact) mass is 292 g/mol. The van der Waals surface area contributed by atoms with Gasteiger partial charge in [0.25, 0.3) is 0 Å². The Kier molecular flexibility index (Phi) is 4.25. The number of carbonyl (C=O) groups is 1. The first-order valence-electron chi connectivity index (χ1n) is 7.21. The molecule has 1 aromatic heterocycles. The molecule has 0 atom stereocenters. The first-order chi connectivity index (χ1) is 9.76. The highest BCUT2D eigenvalue weighted by Crippen LogP contribution is 2.24. The van der Waals surface area contributed by atoms with Gasteiger partial charge >= 0.3 is 6.09 Å². The maximum Gasteiger partial charge on any atom is 0.410 e. The van der Waals surface area contributed by atoms with Crippen LogP contribution in [0.15, 0.2) is 12.3 Å². The van der Waals surface area contributed by atoms with Crippen molar-refractivity contribution in [3.8, 4) is 0 Å². The lowest BCUT2D eigenvalue weighted by Gasteiger charge is -2.37. The van der Waals surface area contributed by atoms with Gasteiger partial charge in [0, 0.05) is 31.9 Å². The van der Waals surface area contributed by atoms with Crippen molar-refractivity contribution in [1.82, 2.24) is 9.88 Å². The molecule has 0 radical (unpaired) electrons. The van der Waals surface area contributed by atoms with Crippen molar-refractivity contribution in [2.45, 2.75) is 33.3 Å². The van der Waals surface area contributed by atoms with Crippen LogP contribution in [0.4, 0.5) is 16.2 Å². The molecule has 0 aromatic carbocycles. The summed E-state index contributed by atoms with van der Waals surface area (Å²) in [5.41, 5.74) is 8.13. The normalized spacial score (nSPS) is 16.0. The highest BCUT2D eigenvalue weighted by molar-refractivity contribution is 5.70. The van der Waals surface area contributed by atoms with E-state index in [0.29, 0.717) is 18.8 Å². The highest BCUT2D eigenvalue weighted by Gasteiger charge is 2.26. The van der Waals surface area contributed by atoms with Gasteiger partial charge in [-0.05, 0) is 33.8 Å². The number of rotatable bonds is 1. The molecule has 1 aliphatic heterocycles. The number of hydrogen-bond donors (Lipinski definition) is 1. The van der Waals surface area contributed by atoms with Crippen molar-refractivity contribution >= 4 is 17.5 Å². The molecule has 2 rings (SSSR count). The standard InChI is InChI=1S/C15H24N4O2/c1-11-9-13(12(16)10-17-11)18-5-7-19(8-6-18)14(20)21-15(2,3)4/h9-10H,5-8,16H2,1-4H3. The lowest BCUT2D eigenvalue weighted by atomic mass is 10.2.